The molecule has 0 saturated carbocycles. The maximum Gasteiger partial charge on any atom is 0.151 e. The Hall–Kier alpha value is -2.25. The summed E-state index contributed by atoms with van der Waals surface area (Å²) in [7, 11) is 1.90. The standard InChI is InChI=1S/C14H13ClN4/c1-19(9-10-2-4-12(15)5-3-10)14-13(17)6-11(7-16)8-18-14/h2-6,8H,9,17H2,1H3. The van der Waals surface area contributed by atoms with E-state index in [1.54, 1.807) is 6.07 Å². The van der Waals surface area contributed by atoms with Crippen molar-refractivity contribution in [3.63, 3.8) is 0 Å². The van der Waals surface area contributed by atoms with E-state index in [0.717, 1.165) is 5.56 Å². The average molecular weight is 273 g/mol. The van der Waals surface area contributed by atoms with E-state index in [1.807, 2.05) is 42.3 Å². The Bertz CT molecular complexity index is 616. The van der Waals surface area contributed by atoms with Crippen molar-refractivity contribution in [2.24, 2.45) is 0 Å². The number of hydrogen-bond acceptors (Lipinski definition) is 4. The molecular weight excluding hydrogens is 260 g/mol. The van der Waals surface area contributed by atoms with E-state index < -0.39 is 0 Å². The number of hydrogen-bond donors (Lipinski definition) is 1. The molecule has 1 aromatic carbocycles. The Kier molecular flexibility index (Phi) is 3.88. The van der Waals surface area contributed by atoms with E-state index in [2.05, 4.69) is 4.98 Å². The lowest BCUT2D eigenvalue weighted by atomic mass is 10.2. The zero-order chi connectivity index (χ0) is 13.8. The van der Waals surface area contributed by atoms with Crippen LogP contribution in [0.4, 0.5) is 11.5 Å². The van der Waals surface area contributed by atoms with E-state index in [1.165, 1.54) is 6.20 Å². The molecule has 0 aliphatic carbocycles. The van der Waals surface area contributed by atoms with Crippen LogP contribution in [0.25, 0.3) is 0 Å². The summed E-state index contributed by atoms with van der Waals surface area (Å²) in [5.74, 6) is 0.661. The molecule has 4 nitrogen and oxygen atoms in total. The van der Waals surface area contributed by atoms with Gasteiger partial charge in [-0.3, -0.25) is 0 Å². The van der Waals surface area contributed by atoms with Crippen LogP contribution in [0.2, 0.25) is 5.02 Å². The smallest absolute Gasteiger partial charge is 0.151 e. The Balaban J connectivity index is 2.18. The molecule has 1 heterocycles. The van der Waals surface area contributed by atoms with Crippen molar-refractivity contribution in [1.29, 1.82) is 5.26 Å². The minimum atomic E-state index is 0.459. The third-order valence-corrected chi connectivity index (χ3v) is 2.97. The lowest BCUT2D eigenvalue weighted by Gasteiger charge is -2.19. The van der Waals surface area contributed by atoms with E-state index in [-0.39, 0.29) is 0 Å². The van der Waals surface area contributed by atoms with Crippen LogP contribution < -0.4 is 10.6 Å². The Morgan fingerprint density at radius 2 is 2.05 bits per heavy atom. The zero-order valence-corrected chi connectivity index (χ0v) is 11.2. The minimum Gasteiger partial charge on any atom is -0.396 e. The second-order valence-electron chi connectivity index (χ2n) is 4.23. The SMILES string of the molecule is CN(Cc1ccc(Cl)cc1)c1ncc(C#N)cc1N. The predicted octanol–water partition coefficient (Wildman–Crippen LogP) is 2.83. The van der Waals surface area contributed by atoms with Crippen molar-refractivity contribution in [3.05, 3.63) is 52.7 Å². The van der Waals surface area contributed by atoms with Crippen LogP contribution in [0.15, 0.2) is 36.5 Å². The molecule has 0 spiro atoms. The first kappa shape index (κ1) is 13.2. The van der Waals surface area contributed by atoms with Gasteiger partial charge >= 0.3 is 0 Å². The van der Waals surface area contributed by atoms with E-state index in [9.17, 15) is 0 Å². The summed E-state index contributed by atoms with van der Waals surface area (Å²) in [5.41, 5.74) is 7.96. The first-order valence-electron chi connectivity index (χ1n) is 5.71. The molecule has 0 radical (unpaired) electrons. The van der Waals surface area contributed by atoms with Crippen LogP contribution >= 0.6 is 11.6 Å². The fraction of sp³-hybridized carbons (Fsp3) is 0.143. The zero-order valence-electron chi connectivity index (χ0n) is 10.5. The van der Waals surface area contributed by atoms with Crippen molar-refractivity contribution in [1.82, 2.24) is 4.98 Å². The van der Waals surface area contributed by atoms with Crippen LogP contribution in [0.3, 0.4) is 0 Å². The highest BCUT2D eigenvalue weighted by atomic mass is 35.5. The van der Waals surface area contributed by atoms with Crippen LogP contribution in [-0.4, -0.2) is 12.0 Å². The maximum absolute atomic E-state index is 8.78. The van der Waals surface area contributed by atoms with Gasteiger partial charge in [-0.2, -0.15) is 5.26 Å². The maximum atomic E-state index is 8.78. The van der Waals surface area contributed by atoms with Gasteiger partial charge in [0.2, 0.25) is 0 Å². The van der Waals surface area contributed by atoms with Gasteiger partial charge in [-0.25, -0.2) is 4.98 Å². The summed E-state index contributed by atoms with van der Waals surface area (Å²) in [6, 6.07) is 11.2. The quantitative estimate of drug-likeness (QED) is 0.933. The third kappa shape index (κ3) is 3.15. The van der Waals surface area contributed by atoms with E-state index in [4.69, 9.17) is 22.6 Å². The fourth-order valence-corrected chi connectivity index (χ4v) is 1.92. The number of benzene rings is 1. The lowest BCUT2D eigenvalue weighted by Crippen LogP contribution is -2.19. The molecule has 2 rings (SSSR count). The first-order chi connectivity index (χ1) is 9.10. The molecule has 0 aliphatic heterocycles. The van der Waals surface area contributed by atoms with Gasteiger partial charge in [0.15, 0.2) is 5.82 Å². The van der Waals surface area contributed by atoms with Gasteiger partial charge in [-0.1, -0.05) is 23.7 Å². The molecule has 0 atom stereocenters. The number of rotatable bonds is 3. The van der Waals surface area contributed by atoms with Crippen molar-refractivity contribution < 1.29 is 0 Å². The number of anilines is 2. The first-order valence-corrected chi connectivity index (χ1v) is 6.09. The highest BCUT2D eigenvalue weighted by Gasteiger charge is 2.08. The highest BCUT2D eigenvalue weighted by molar-refractivity contribution is 6.30. The molecule has 5 heteroatoms. The summed E-state index contributed by atoms with van der Waals surface area (Å²) < 4.78 is 0. The predicted molar refractivity (Wildman–Crippen MR) is 76.9 cm³/mol. The van der Waals surface area contributed by atoms with Crippen molar-refractivity contribution in [2.75, 3.05) is 17.7 Å². The van der Waals surface area contributed by atoms with E-state index >= 15 is 0 Å². The number of aromatic nitrogens is 1. The van der Waals surface area contributed by atoms with Crippen LogP contribution in [0.1, 0.15) is 11.1 Å². The lowest BCUT2D eigenvalue weighted by molar-refractivity contribution is 0.900. The highest BCUT2D eigenvalue weighted by Crippen LogP contribution is 2.21. The fourth-order valence-electron chi connectivity index (χ4n) is 1.79. The molecule has 1 aromatic heterocycles. The molecule has 0 fully saturated rings. The Morgan fingerprint density at radius 3 is 2.63 bits per heavy atom. The Morgan fingerprint density at radius 1 is 1.37 bits per heavy atom. The van der Waals surface area contributed by atoms with Gasteiger partial charge in [-0.15, -0.1) is 0 Å². The summed E-state index contributed by atoms with van der Waals surface area (Å²) in [4.78, 5) is 6.15. The molecule has 0 amide bonds. The molecule has 0 bridgehead atoms. The molecular formula is C14H13ClN4. The van der Waals surface area contributed by atoms with Crippen LogP contribution in [-0.2, 0) is 6.54 Å². The molecule has 0 saturated heterocycles. The van der Waals surface area contributed by atoms with Crippen molar-refractivity contribution in [3.8, 4) is 6.07 Å². The molecule has 2 N–H and O–H groups in total. The molecule has 0 aliphatic rings. The number of halogens is 1. The number of nitrogens with zero attached hydrogens (tertiary/aromatic N) is 3. The number of nitrogen functional groups attached to an aromatic ring is 1. The monoisotopic (exact) mass is 272 g/mol. The van der Waals surface area contributed by atoms with Gasteiger partial charge < -0.3 is 10.6 Å². The summed E-state index contributed by atoms with van der Waals surface area (Å²) >= 11 is 5.85. The van der Waals surface area contributed by atoms with Crippen LogP contribution in [0, 0.1) is 11.3 Å². The average Bonchev–Trinajstić information content (AvgIpc) is 2.41. The summed E-state index contributed by atoms with van der Waals surface area (Å²) in [6.45, 7) is 0.667. The second-order valence-corrected chi connectivity index (χ2v) is 4.67. The summed E-state index contributed by atoms with van der Waals surface area (Å²) in [5, 5.41) is 9.49. The summed E-state index contributed by atoms with van der Waals surface area (Å²) in [6.07, 6.45) is 1.52. The third-order valence-electron chi connectivity index (χ3n) is 2.72. The number of nitriles is 1. The second kappa shape index (κ2) is 5.59. The van der Waals surface area contributed by atoms with Gasteiger partial charge in [0, 0.05) is 24.8 Å². The van der Waals surface area contributed by atoms with Gasteiger partial charge in [0.25, 0.3) is 0 Å². The number of nitrogens with two attached hydrogens (primary N) is 1. The molecule has 0 unspecified atom stereocenters. The van der Waals surface area contributed by atoms with Crippen LogP contribution in [0.5, 0.6) is 0 Å². The van der Waals surface area contributed by atoms with Crippen molar-refractivity contribution >= 4 is 23.1 Å². The topological polar surface area (TPSA) is 65.9 Å². The van der Waals surface area contributed by atoms with Gasteiger partial charge in [-0.05, 0) is 23.8 Å². The van der Waals surface area contributed by atoms with Gasteiger partial charge in [0.1, 0.15) is 6.07 Å². The Labute approximate surface area is 117 Å². The van der Waals surface area contributed by atoms with E-state index in [0.29, 0.717) is 28.6 Å². The minimum absolute atomic E-state index is 0.459. The largest absolute Gasteiger partial charge is 0.396 e. The van der Waals surface area contributed by atoms with Gasteiger partial charge in [0.05, 0.1) is 11.3 Å². The van der Waals surface area contributed by atoms with Crippen molar-refractivity contribution in [2.45, 2.75) is 6.54 Å². The number of pyridine rings is 1. The normalized spacial score (nSPS) is 9.95. The molecule has 19 heavy (non-hydrogen) atoms. The molecule has 96 valence electrons. The molecule has 2 aromatic rings.